The molecule has 30 heavy (non-hydrogen) atoms. The summed E-state index contributed by atoms with van der Waals surface area (Å²) in [5, 5.41) is 2.94. The number of carbonyl (C=O) groups is 1. The fraction of sp³-hybridized carbons (Fsp3) is 0.409. The smallest absolute Gasteiger partial charge is 0.262 e. The summed E-state index contributed by atoms with van der Waals surface area (Å²) in [5.41, 5.74) is 2.79. The normalized spacial score (nSPS) is 17.0. The molecule has 1 N–H and O–H groups in total. The number of nitrogens with zero attached hydrogens (tertiary/aromatic N) is 2. The maximum absolute atomic E-state index is 13.3. The van der Waals surface area contributed by atoms with Gasteiger partial charge in [-0.3, -0.25) is 4.79 Å². The second-order valence-electron chi connectivity index (χ2n) is 7.19. The number of amides is 1. The van der Waals surface area contributed by atoms with Gasteiger partial charge in [0.1, 0.15) is 11.6 Å². The van der Waals surface area contributed by atoms with Gasteiger partial charge in [-0.2, -0.15) is 0 Å². The second kappa shape index (κ2) is 9.77. The Labute approximate surface area is 175 Å². The minimum absolute atomic E-state index is 0.197. The van der Waals surface area contributed by atoms with Gasteiger partial charge in [0.2, 0.25) is 0 Å². The molecule has 2 aromatic rings. The van der Waals surface area contributed by atoms with Gasteiger partial charge >= 0.3 is 0 Å². The molecule has 0 radical (unpaired) electrons. The van der Waals surface area contributed by atoms with E-state index in [2.05, 4.69) is 21.2 Å². The van der Waals surface area contributed by atoms with Crippen LogP contribution < -0.4 is 19.9 Å². The van der Waals surface area contributed by atoms with Crippen LogP contribution in [-0.2, 0) is 14.3 Å². The van der Waals surface area contributed by atoms with Crippen LogP contribution in [0.1, 0.15) is 0 Å². The van der Waals surface area contributed by atoms with Crippen LogP contribution >= 0.6 is 0 Å². The number of halogens is 1. The Kier molecular flexibility index (Phi) is 6.66. The van der Waals surface area contributed by atoms with Crippen LogP contribution in [0.5, 0.6) is 5.75 Å². The van der Waals surface area contributed by atoms with Crippen molar-refractivity contribution in [3.8, 4) is 5.75 Å². The molecule has 8 heteroatoms. The quantitative estimate of drug-likeness (QED) is 0.782. The molecule has 0 unspecified atom stereocenters. The molecule has 0 atom stereocenters. The predicted octanol–water partition coefficient (Wildman–Crippen LogP) is 2.52. The summed E-state index contributed by atoms with van der Waals surface area (Å²) >= 11 is 0. The lowest BCUT2D eigenvalue weighted by Crippen LogP contribution is -2.38. The number of ether oxygens (including phenoxy) is 3. The minimum Gasteiger partial charge on any atom is -0.484 e. The highest BCUT2D eigenvalue weighted by molar-refractivity contribution is 5.96. The molecule has 0 spiro atoms. The molecule has 0 saturated carbocycles. The number of benzene rings is 2. The molecule has 2 heterocycles. The molecule has 2 fully saturated rings. The van der Waals surface area contributed by atoms with Crippen LogP contribution in [-0.4, -0.2) is 65.1 Å². The van der Waals surface area contributed by atoms with Crippen molar-refractivity contribution in [1.29, 1.82) is 0 Å². The highest BCUT2D eigenvalue weighted by atomic mass is 19.1. The average Bonchev–Trinajstić information content (AvgIpc) is 2.79. The van der Waals surface area contributed by atoms with Gasteiger partial charge in [0.25, 0.3) is 5.91 Å². The van der Waals surface area contributed by atoms with Gasteiger partial charge < -0.3 is 29.3 Å². The molecular formula is C22H26FN3O4. The first-order valence-corrected chi connectivity index (χ1v) is 10.2. The molecule has 2 aromatic carbocycles. The third kappa shape index (κ3) is 5.20. The largest absolute Gasteiger partial charge is 0.484 e. The Hall–Kier alpha value is -2.84. The van der Waals surface area contributed by atoms with E-state index in [0.29, 0.717) is 32.2 Å². The maximum Gasteiger partial charge on any atom is 0.262 e. The first-order valence-electron chi connectivity index (χ1n) is 10.2. The molecule has 0 aromatic heterocycles. The fourth-order valence-corrected chi connectivity index (χ4v) is 3.60. The third-order valence-corrected chi connectivity index (χ3v) is 5.15. The van der Waals surface area contributed by atoms with E-state index in [1.807, 2.05) is 12.1 Å². The summed E-state index contributed by atoms with van der Waals surface area (Å²) in [5.74, 6) is -0.379. The monoisotopic (exact) mass is 415 g/mol. The highest BCUT2D eigenvalue weighted by Gasteiger charge is 2.19. The fourth-order valence-electron chi connectivity index (χ4n) is 3.60. The SMILES string of the molecule is O=C(COc1cccc(F)c1)Nc1ccc(N2CCOCC2)cc1N1CCOCC1. The van der Waals surface area contributed by atoms with Gasteiger partial charge in [0.05, 0.1) is 37.8 Å². The summed E-state index contributed by atoms with van der Waals surface area (Å²) < 4.78 is 29.6. The summed E-state index contributed by atoms with van der Waals surface area (Å²) in [4.78, 5) is 17.0. The summed E-state index contributed by atoms with van der Waals surface area (Å²) in [6, 6.07) is 11.8. The lowest BCUT2D eigenvalue weighted by atomic mass is 10.1. The highest BCUT2D eigenvalue weighted by Crippen LogP contribution is 2.32. The number of hydrogen-bond acceptors (Lipinski definition) is 6. The average molecular weight is 415 g/mol. The van der Waals surface area contributed by atoms with Crippen LogP contribution in [0.15, 0.2) is 42.5 Å². The topological polar surface area (TPSA) is 63.3 Å². The van der Waals surface area contributed by atoms with Crippen molar-refractivity contribution in [3.05, 3.63) is 48.3 Å². The lowest BCUT2D eigenvalue weighted by molar-refractivity contribution is -0.118. The van der Waals surface area contributed by atoms with Crippen molar-refractivity contribution in [3.63, 3.8) is 0 Å². The number of morpholine rings is 2. The van der Waals surface area contributed by atoms with E-state index < -0.39 is 5.82 Å². The Balaban J connectivity index is 1.48. The predicted molar refractivity (Wildman–Crippen MR) is 113 cm³/mol. The van der Waals surface area contributed by atoms with Gasteiger partial charge in [-0.25, -0.2) is 4.39 Å². The minimum atomic E-state index is -0.402. The zero-order valence-corrected chi connectivity index (χ0v) is 16.8. The Morgan fingerprint density at radius 3 is 2.37 bits per heavy atom. The van der Waals surface area contributed by atoms with E-state index >= 15 is 0 Å². The molecule has 2 aliphatic rings. The van der Waals surface area contributed by atoms with Gasteiger partial charge in [0.15, 0.2) is 6.61 Å². The molecular weight excluding hydrogens is 389 g/mol. The number of anilines is 3. The zero-order chi connectivity index (χ0) is 20.8. The molecule has 0 aliphatic carbocycles. The van der Waals surface area contributed by atoms with Gasteiger partial charge in [-0.15, -0.1) is 0 Å². The van der Waals surface area contributed by atoms with Crippen molar-refractivity contribution in [2.75, 3.05) is 74.3 Å². The standard InChI is InChI=1S/C22H26FN3O4/c23-17-2-1-3-19(14-17)30-16-22(27)24-20-5-4-18(25-6-10-28-11-7-25)15-21(20)26-8-12-29-13-9-26/h1-5,14-15H,6-13,16H2,(H,24,27). The maximum atomic E-state index is 13.3. The van der Waals surface area contributed by atoms with Gasteiger partial charge in [0, 0.05) is 37.9 Å². The molecule has 1 amide bonds. The molecule has 2 saturated heterocycles. The third-order valence-electron chi connectivity index (χ3n) is 5.15. The van der Waals surface area contributed by atoms with E-state index in [1.165, 1.54) is 12.1 Å². The summed E-state index contributed by atoms with van der Waals surface area (Å²) in [6.45, 7) is 5.73. The molecule has 0 bridgehead atoms. The first-order chi connectivity index (χ1) is 14.7. The van der Waals surface area contributed by atoms with E-state index in [4.69, 9.17) is 14.2 Å². The van der Waals surface area contributed by atoms with E-state index in [1.54, 1.807) is 12.1 Å². The molecule has 2 aliphatic heterocycles. The van der Waals surface area contributed by atoms with Crippen LogP contribution in [0.2, 0.25) is 0 Å². The number of carbonyl (C=O) groups excluding carboxylic acids is 1. The summed E-state index contributed by atoms with van der Waals surface area (Å²) in [6.07, 6.45) is 0. The van der Waals surface area contributed by atoms with E-state index in [9.17, 15) is 9.18 Å². The van der Waals surface area contributed by atoms with Crippen LogP contribution in [0.4, 0.5) is 21.5 Å². The van der Waals surface area contributed by atoms with Crippen LogP contribution in [0.3, 0.4) is 0 Å². The molecule has 4 rings (SSSR count). The number of nitrogens with one attached hydrogen (secondary N) is 1. The second-order valence-corrected chi connectivity index (χ2v) is 7.19. The van der Waals surface area contributed by atoms with E-state index in [0.717, 1.165) is 43.2 Å². The van der Waals surface area contributed by atoms with Gasteiger partial charge in [-0.05, 0) is 30.3 Å². The van der Waals surface area contributed by atoms with Crippen molar-refractivity contribution in [1.82, 2.24) is 0 Å². The molecule has 160 valence electrons. The van der Waals surface area contributed by atoms with Crippen molar-refractivity contribution < 1.29 is 23.4 Å². The van der Waals surface area contributed by atoms with Crippen LogP contribution in [0, 0.1) is 5.82 Å². The lowest BCUT2D eigenvalue weighted by Gasteiger charge is -2.33. The van der Waals surface area contributed by atoms with Crippen molar-refractivity contribution in [2.24, 2.45) is 0 Å². The van der Waals surface area contributed by atoms with Crippen LogP contribution in [0.25, 0.3) is 0 Å². The van der Waals surface area contributed by atoms with E-state index in [-0.39, 0.29) is 12.5 Å². The Bertz CT molecular complexity index is 867. The first kappa shape index (κ1) is 20.4. The summed E-state index contributed by atoms with van der Waals surface area (Å²) in [7, 11) is 0. The zero-order valence-electron chi connectivity index (χ0n) is 16.8. The van der Waals surface area contributed by atoms with Gasteiger partial charge in [-0.1, -0.05) is 6.07 Å². The van der Waals surface area contributed by atoms with Crippen molar-refractivity contribution in [2.45, 2.75) is 0 Å². The van der Waals surface area contributed by atoms with Crippen molar-refractivity contribution >= 4 is 23.0 Å². The number of rotatable bonds is 6. The molecule has 7 nitrogen and oxygen atoms in total. The Morgan fingerprint density at radius 1 is 0.967 bits per heavy atom. The number of hydrogen-bond donors (Lipinski definition) is 1. The Morgan fingerprint density at radius 2 is 1.67 bits per heavy atom.